The number of aromatic nitrogens is 3. The van der Waals surface area contributed by atoms with Gasteiger partial charge in [0.1, 0.15) is 4.47 Å². The fraction of sp³-hybridized carbons (Fsp3) is 0.417. The predicted molar refractivity (Wildman–Crippen MR) is 82.3 cm³/mol. The lowest BCUT2D eigenvalue weighted by Crippen LogP contribution is -2.26. The number of anilines is 1. The summed E-state index contributed by atoms with van der Waals surface area (Å²) in [5.74, 6) is 0. The Kier molecular flexibility index (Phi) is 5.27. The zero-order valence-corrected chi connectivity index (χ0v) is 13.6. The van der Waals surface area contributed by atoms with E-state index >= 15 is 0 Å². The van der Waals surface area contributed by atoms with E-state index in [0.717, 1.165) is 10.7 Å². The van der Waals surface area contributed by atoms with E-state index in [1.165, 1.54) is 4.68 Å². The highest BCUT2D eigenvalue weighted by Crippen LogP contribution is 2.17. The topological polar surface area (TPSA) is 69.0 Å². The van der Waals surface area contributed by atoms with Crippen LogP contribution in [0.2, 0.25) is 0 Å². The summed E-state index contributed by atoms with van der Waals surface area (Å²) in [6.07, 6.45) is 1.63. The minimum absolute atomic E-state index is 0.179. The summed E-state index contributed by atoms with van der Waals surface area (Å²) >= 11 is 4.91. The van der Waals surface area contributed by atoms with E-state index < -0.39 is 0 Å². The normalized spacial score (nSPS) is 10.8. The van der Waals surface area contributed by atoms with Crippen LogP contribution in [0.3, 0.4) is 0 Å². The third-order valence-electron chi connectivity index (χ3n) is 2.62. The van der Waals surface area contributed by atoms with Gasteiger partial charge in [0.15, 0.2) is 0 Å². The fourth-order valence-corrected chi connectivity index (χ4v) is 2.66. The van der Waals surface area contributed by atoms with Gasteiger partial charge in [0.2, 0.25) is 0 Å². The number of halogens is 1. The molecular formula is C12H15BrN4O2S. The lowest BCUT2D eigenvalue weighted by atomic mass is 10.4. The lowest BCUT2D eigenvalue weighted by Gasteiger charge is -2.09. The minimum Gasteiger partial charge on any atom is -0.383 e. The molecule has 0 spiro atoms. The van der Waals surface area contributed by atoms with Crippen LogP contribution in [0.1, 0.15) is 10.7 Å². The van der Waals surface area contributed by atoms with Crippen LogP contribution in [0.25, 0.3) is 0 Å². The molecule has 0 radical (unpaired) electrons. The second-order valence-electron chi connectivity index (χ2n) is 4.10. The third kappa shape index (κ3) is 3.65. The molecule has 0 aromatic carbocycles. The summed E-state index contributed by atoms with van der Waals surface area (Å²) in [5, 5.41) is 10.3. The molecule has 0 atom stereocenters. The number of aryl methyl sites for hydroxylation is 1. The number of hydrogen-bond acceptors (Lipinski definition) is 6. The van der Waals surface area contributed by atoms with E-state index in [1.54, 1.807) is 24.6 Å². The second-order valence-corrected chi connectivity index (χ2v) is 5.96. The predicted octanol–water partition coefficient (Wildman–Crippen LogP) is 2.03. The van der Waals surface area contributed by atoms with Gasteiger partial charge in [-0.2, -0.15) is 5.10 Å². The number of thiazole rings is 1. The number of methoxy groups -OCH3 is 1. The number of rotatable bonds is 6. The van der Waals surface area contributed by atoms with Crippen LogP contribution in [-0.2, 0) is 17.8 Å². The maximum absolute atomic E-state index is 12.1. The SMILES string of the molecule is COCCn1ncc(NCc2csc(C)n2)c(Br)c1=O. The van der Waals surface area contributed by atoms with Gasteiger partial charge in [-0.15, -0.1) is 11.3 Å². The molecule has 2 aromatic heterocycles. The first-order valence-corrected chi connectivity index (χ1v) is 7.68. The van der Waals surface area contributed by atoms with Crippen LogP contribution >= 0.6 is 27.3 Å². The Hall–Kier alpha value is -1.25. The molecule has 0 aliphatic carbocycles. The molecule has 0 bridgehead atoms. The van der Waals surface area contributed by atoms with Crippen molar-refractivity contribution in [3.05, 3.63) is 37.1 Å². The standard InChI is InChI=1S/C12H15BrN4O2S/c1-8-16-9(7-20-8)5-14-10-6-15-17(3-4-19-2)12(18)11(10)13/h6-7,14H,3-5H2,1-2H3. The molecule has 20 heavy (non-hydrogen) atoms. The van der Waals surface area contributed by atoms with Gasteiger partial charge in [-0.05, 0) is 22.9 Å². The summed E-state index contributed by atoms with van der Waals surface area (Å²) in [4.78, 5) is 16.4. The van der Waals surface area contributed by atoms with Gasteiger partial charge < -0.3 is 10.1 Å². The van der Waals surface area contributed by atoms with Crippen molar-refractivity contribution in [2.75, 3.05) is 19.0 Å². The maximum Gasteiger partial charge on any atom is 0.283 e. The van der Waals surface area contributed by atoms with Crippen LogP contribution in [0.5, 0.6) is 0 Å². The highest BCUT2D eigenvalue weighted by Gasteiger charge is 2.09. The van der Waals surface area contributed by atoms with Crippen molar-refractivity contribution in [1.82, 2.24) is 14.8 Å². The summed E-state index contributed by atoms with van der Waals surface area (Å²) in [6, 6.07) is 0. The van der Waals surface area contributed by atoms with E-state index in [4.69, 9.17) is 4.74 Å². The van der Waals surface area contributed by atoms with Crippen molar-refractivity contribution in [2.24, 2.45) is 0 Å². The summed E-state index contributed by atoms with van der Waals surface area (Å²) in [7, 11) is 1.59. The van der Waals surface area contributed by atoms with Crippen LogP contribution in [0.4, 0.5) is 5.69 Å². The Morgan fingerprint density at radius 1 is 1.55 bits per heavy atom. The zero-order chi connectivity index (χ0) is 14.5. The summed E-state index contributed by atoms with van der Waals surface area (Å²) in [6.45, 7) is 3.40. The molecule has 0 unspecified atom stereocenters. The lowest BCUT2D eigenvalue weighted by molar-refractivity contribution is 0.181. The largest absolute Gasteiger partial charge is 0.383 e. The second kappa shape index (κ2) is 6.96. The van der Waals surface area contributed by atoms with Crippen molar-refractivity contribution in [3.63, 3.8) is 0 Å². The Morgan fingerprint density at radius 2 is 2.35 bits per heavy atom. The Balaban J connectivity index is 2.09. The quantitative estimate of drug-likeness (QED) is 0.855. The van der Waals surface area contributed by atoms with Crippen molar-refractivity contribution < 1.29 is 4.74 Å². The average Bonchev–Trinajstić information content (AvgIpc) is 2.85. The molecule has 1 N–H and O–H groups in total. The van der Waals surface area contributed by atoms with Gasteiger partial charge in [0.05, 0.1) is 42.3 Å². The van der Waals surface area contributed by atoms with Crippen molar-refractivity contribution in [2.45, 2.75) is 20.0 Å². The van der Waals surface area contributed by atoms with E-state index in [2.05, 4.69) is 31.3 Å². The molecule has 2 rings (SSSR count). The van der Waals surface area contributed by atoms with E-state index in [0.29, 0.717) is 29.9 Å². The molecule has 0 fully saturated rings. The molecule has 2 aromatic rings. The Morgan fingerprint density at radius 3 is 3.00 bits per heavy atom. The first-order chi connectivity index (χ1) is 9.61. The Labute approximate surface area is 128 Å². The van der Waals surface area contributed by atoms with Gasteiger partial charge in [-0.3, -0.25) is 4.79 Å². The van der Waals surface area contributed by atoms with Crippen LogP contribution in [0, 0.1) is 6.92 Å². The molecular weight excluding hydrogens is 344 g/mol. The van der Waals surface area contributed by atoms with E-state index in [-0.39, 0.29) is 5.56 Å². The zero-order valence-electron chi connectivity index (χ0n) is 11.2. The van der Waals surface area contributed by atoms with Gasteiger partial charge in [0.25, 0.3) is 5.56 Å². The number of hydrogen-bond donors (Lipinski definition) is 1. The van der Waals surface area contributed by atoms with Crippen molar-refractivity contribution >= 4 is 33.0 Å². The molecule has 0 saturated heterocycles. The van der Waals surface area contributed by atoms with Crippen molar-refractivity contribution in [1.29, 1.82) is 0 Å². The molecule has 6 nitrogen and oxygen atoms in total. The van der Waals surface area contributed by atoms with Crippen LogP contribution < -0.4 is 10.9 Å². The highest BCUT2D eigenvalue weighted by atomic mass is 79.9. The van der Waals surface area contributed by atoms with Gasteiger partial charge in [0, 0.05) is 12.5 Å². The van der Waals surface area contributed by atoms with E-state index in [9.17, 15) is 4.79 Å². The molecule has 108 valence electrons. The summed E-state index contributed by atoms with van der Waals surface area (Å²) in [5.41, 5.74) is 1.43. The molecule has 2 heterocycles. The van der Waals surface area contributed by atoms with Crippen LogP contribution in [-0.4, -0.2) is 28.5 Å². The monoisotopic (exact) mass is 358 g/mol. The average molecular weight is 359 g/mol. The van der Waals surface area contributed by atoms with Gasteiger partial charge in [-0.25, -0.2) is 9.67 Å². The number of ether oxygens (including phenoxy) is 1. The molecule has 0 aliphatic heterocycles. The number of nitrogens with zero attached hydrogens (tertiary/aromatic N) is 3. The summed E-state index contributed by atoms with van der Waals surface area (Å²) < 4.78 is 6.78. The highest BCUT2D eigenvalue weighted by molar-refractivity contribution is 9.10. The molecule has 0 saturated carbocycles. The molecule has 8 heteroatoms. The fourth-order valence-electron chi connectivity index (χ4n) is 1.60. The third-order valence-corrected chi connectivity index (χ3v) is 4.21. The van der Waals surface area contributed by atoms with Gasteiger partial charge in [-0.1, -0.05) is 0 Å². The minimum atomic E-state index is -0.179. The first-order valence-electron chi connectivity index (χ1n) is 6.01. The Bertz CT molecular complexity index is 641. The van der Waals surface area contributed by atoms with E-state index in [1.807, 2.05) is 12.3 Å². The van der Waals surface area contributed by atoms with Crippen molar-refractivity contribution in [3.8, 4) is 0 Å². The molecule has 0 aliphatic rings. The maximum atomic E-state index is 12.1. The van der Waals surface area contributed by atoms with Crippen LogP contribution in [0.15, 0.2) is 20.8 Å². The smallest absolute Gasteiger partial charge is 0.283 e. The molecule has 0 amide bonds. The van der Waals surface area contributed by atoms with Gasteiger partial charge >= 0.3 is 0 Å². The number of nitrogens with one attached hydrogen (secondary N) is 1. The first kappa shape index (κ1) is 15.1.